The van der Waals surface area contributed by atoms with E-state index in [2.05, 4.69) is 40.1 Å². The summed E-state index contributed by atoms with van der Waals surface area (Å²) in [5.74, 6) is 0.123. The molecule has 0 atom stereocenters. The number of aryl methyl sites for hydroxylation is 2. The Kier molecular flexibility index (Phi) is 6.27. The maximum Gasteiger partial charge on any atom is 0.387 e. The van der Waals surface area contributed by atoms with Crippen LogP contribution < -0.4 is 15.0 Å². The van der Waals surface area contributed by atoms with E-state index in [-0.39, 0.29) is 11.7 Å². The number of amides is 1. The summed E-state index contributed by atoms with van der Waals surface area (Å²) in [4.78, 5) is 14.4. The third kappa shape index (κ3) is 5.42. The van der Waals surface area contributed by atoms with Crippen molar-refractivity contribution in [3.8, 4) is 5.75 Å². The van der Waals surface area contributed by atoms with E-state index in [1.807, 2.05) is 0 Å². The lowest BCUT2D eigenvalue weighted by atomic mass is 9.99. The van der Waals surface area contributed by atoms with Gasteiger partial charge in [0.05, 0.1) is 6.54 Å². The van der Waals surface area contributed by atoms with Gasteiger partial charge in [-0.1, -0.05) is 29.8 Å². The zero-order valence-corrected chi connectivity index (χ0v) is 15.4. The van der Waals surface area contributed by atoms with Crippen LogP contribution in [-0.2, 0) is 17.6 Å². The smallest absolute Gasteiger partial charge is 0.387 e. The fourth-order valence-corrected chi connectivity index (χ4v) is 3.38. The maximum absolute atomic E-state index is 12.3. The molecule has 0 radical (unpaired) electrons. The minimum Gasteiger partial charge on any atom is -0.435 e. The molecule has 0 aliphatic carbocycles. The number of hydrogen-bond donors (Lipinski definition) is 1. The van der Waals surface area contributed by atoms with E-state index in [0.717, 1.165) is 30.6 Å². The third-order valence-electron chi connectivity index (χ3n) is 4.67. The van der Waals surface area contributed by atoms with Gasteiger partial charge in [-0.3, -0.25) is 4.79 Å². The second-order valence-electron chi connectivity index (χ2n) is 6.78. The van der Waals surface area contributed by atoms with Gasteiger partial charge in [0, 0.05) is 18.8 Å². The minimum absolute atomic E-state index is 0.0129. The number of halogens is 2. The van der Waals surface area contributed by atoms with Crippen molar-refractivity contribution in [2.45, 2.75) is 32.8 Å². The Morgan fingerprint density at radius 3 is 2.74 bits per heavy atom. The quantitative estimate of drug-likeness (QED) is 0.803. The highest BCUT2D eigenvalue weighted by Crippen LogP contribution is 2.27. The van der Waals surface area contributed by atoms with E-state index in [0.29, 0.717) is 19.5 Å². The van der Waals surface area contributed by atoms with Crippen LogP contribution in [0, 0.1) is 6.92 Å². The van der Waals surface area contributed by atoms with Crippen molar-refractivity contribution in [3.63, 3.8) is 0 Å². The molecule has 144 valence electrons. The van der Waals surface area contributed by atoms with Crippen LogP contribution in [0.4, 0.5) is 14.5 Å². The van der Waals surface area contributed by atoms with E-state index in [9.17, 15) is 13.6 Å². The molecule has 0 saturated heterocycles. The van der Waals surface area contributed by atoms with Gasteiger partial charge in [-0.25, -0.2) is 0 Å². The van der Waals surface area contributed by atoms with Crippen molar-refractivity contribution in [3.05, 3.63) is 59.2 Å². The molecule has 1 amide bonds. The molecule has 2 aromatic carbocycles. The van der Waals surface area contributed by atoms with Crippen LogP contribution in [0.1, 0.15) is 23.1 Å². The van der Waals surface area contributed by atoms with Crippen molar-refractivity contribution in [1.29, 1.82) is 0 Å². The van der Waals surface area contributed by atoms with Gasteiger partial charge in [-0.05, 0) is 55.5 Å². The fraction of sp³-hybridized carbons (Fsp3) is 0.381. The number of carbonyl (C=O) groups excluding carboxylic acids is 1. The molecule has 3 rings (SSSR count). The molecule has 1 heterocycles. The molecule has 0 bridgehead atoms. The highest BCUT2D eigenvalue weighted by atomic mass is 19.3. The van der Waals surface area contributed by atoms with E-state index in [4.69, 9.17) is 0 Å². The first-order valence-electron chi connectivity index (χ1n) is 9.16. The van der Waals surface area contributed by atoms with Gasteiger partial charge >= 0.3 is 6.61 Å². The average Bonchev–Trinajstić information content (AvgIpc) is 2.62. The summed E-state index contributed by atoms with van der Waals surface area (Å²) in [6.45, 7) is 0.992. The van der Waals surface area contributed by atoms with Crippen LogP contribution in [0.25, 0.3) is 0 Å². The normalized spacial score (nSPS) is 13.4. The number of rotatable bonds is 7. The van der Waals surface area contributed by atoms with E-state index in [1.54, 1.807) is 12.1 Å². The molecule has 1 aliphatic rings. The summed E-state index contributed by atoms with van der Waals surface area (Å²) >= 11 is 0. The third-order valence-corrected chi connectivity index (χ3v) is 4.67. The van der Waals surface area contributed by atoms with Crippen LogP contribution in [-0.4, -0.2) is 32.2 Å². The van der Waals surface area contributed by atoms with Crippen molar-refractivity contribution in [1.82, 2.24) is 5.32 Å². The summed E-state index contributed by atoms with van der Waals surface area (Å²) < 4.78 is 28.6. The number of anilines is 1. The molecular weight excluding hydrogens is 350 g/mol. The summed E-state index contributed by atoms with van der Waals surface area (Å²) in [6, 6.07) is 12.9. The highest BCUT2D eigenvalue weighted by Gasteiger charge is 2.18. The first-order chi connectivity index (χ1) is 13.0. The van der Waals surface area contributed by atoms with E-state index in [1.165, 1.54) is 23.3 Å². The number of alkyl halides is 2. The number of benzene rings is 2. The standard InChI is InChI=1S/C21H24F2N2O2/c1-15-4-9-19-17(13-15)3-2-12-25(19)14-20(26)24-11-10-16-5-7-18(8-6-16)27-21(22)23/h4-9,13,21H,2-3,10-12,14H2,1H3,(H,24,26). The Labute approximate surface area is 158 Å². The first kappa shape index (κ1) is 19.1. The lowest BCUT2D eigenvalue weighted by Gasteiger charge is -2.31. The van der Waals surface area contributed by atoms with Crippen LogP contribution in [0.15, 0.2) is 42.5 Å². The molecule has 27 heavy (non-hydrogen) atoms. The monoisotopic (exact) mass is 374 g/mol. The van der Waals surface area contributed by atoms with E-state index < -0.39 is 6.61 Å². The summed E-state index contributed by atoms with van der Waals surface area (Å²) in [5, 5.41) is 2.94. The van der Waals surface area contributed by atoms with Gasteiger partial charge in [0.1, 0.15) is 5.75 Å². The first-order valence-corrected chi connectivity index (χ1v) is 9.16. The number of nitrogens with one attached hydrogen (secondary N) is 1. The molecule has 0 fully saturated rings. The van der Waals surface area contributed by atoms with Crippen LogP contribution in [0.5, 0.6) is 5.75 Å². The van der Waals surface area contributed by atoms with Crippen molar-refractivity contribution in [2.24, 2.45) is 0 Å². The predicted octanol–water partition coefficient (Wildman–Crippen LogP) is 3.71. The fourth-order valence-electron chi connectivity index (χ4n) is 3.38. The van der Waals surface area contributed by atoms with Crippen LogP contribution in [0.2, 0.25) is 0 Å². The molecule has 0 spiro atoms. The van der Waals surface area contributed by atoms with Gasteiger partial charge in [0.15, 0.2) is 0 Å². The highest BCUT2D eigenvalue weighted by molar-refractivity contribution is 5.82. The topological polar surface area (TPSA) is 41.6 Å². The van der Waals surface area contributed by atoms with Gasteiger partial charge in [-0.15, -0.1) is 0 Å². The Morgan fingerprint density at radius 1 is 1.22 bits per heavy atom. The lowest BCUT2D eigenvalue weighted by Crippen LogP contribution is -2.40. The van der Waals surface area contributed by atoms with Gasteiger partial charge in [0.25, 0.3) is 0 Å². The van der Waals surface area contributed by atoms with Crippen molar-refractivity contribution >= 4 is 11.6 Å². The molecule has 4 nitrogen and oxygen atoms in total. The van der Waals surface area contributed by atoms with Crippen LogP contribution >= 0.6 is 0 Å². The second kappa shape index (κ2) is 8.84. The Bertz CT molecular complexity index is 778. The molecule has 1 N–H and O–H groups in total. The van der Waals surface area contributed by atoms with Gasteiger partial charge < -0.3 is 15.0 Å². The van der Waals surface area contributed by atoms with Crippen molar-refractivity contribution in [2.75, 3.05) is 24.5 Å². The Hall–Kier alpha value is -2.63. The van der Waals surface area contributed by atoms with Gasteiger partial charge in [0.2, 0.25) is 5.91 Å². The molecule has 0 saturated carbocycles. The maximum atomic E-state index is 12.3. The Balaban J connectivity index is 1.47. The lowest BCUT2D eigenvalue weighted by molar-refractivity contribution is -0.119. The average molecular weight is 374 g/mol. The zero-order valence-electron chi connectivity index (χ0n) is 15.4. The molecular formula is C21H24F2N2O2. The summed E-state index contributed by atoms with van der Waals surface area (Å²) in [6.07, 6.45) is 2.74. The number of fused-ring (bicyclic) bond motifs is 1. The molecule has 6 heteroatoms. The summed E-state index contributed by atoms with van der Waals surface area (Å²) in [5.41, 5.74) is 4.65. The second-order valence-corrected chi connectivity index (χ2v) is 6.78. The largest absolute Gasteiger partial charge is 0.435 e. The number of carbonyl (C=O) groups is 1. The molecule has 0 unspecified atom stereocenters. The molecule has 2 aromatic rings. The SMILES string of the molecule is Cc1ccc2c(c1)CCCN2CC(=O)NCCc1ccc(OC(F)F)cc1. The molecule has 1 aliphatic heterocycles. The van der Waals surface area contributed by atoms with E-state index >= 15 is 0 Å². The van der Waals surface area contributed by atoms with Gasteiger partial charge in [-0.2, -0.15) is 8.78 Å². The molecule has 0 aromatic heterocycles. The number of hydrogen-bond acceptors (Lipinski definition) is 3. The minimum atomic E-state index is -2.82. The number of ether oxygens (including phenoxy) is 1. The summed E-state index contributed by atoms with van der Waals surface area (Å²) in [7, 11) is 0. The number of nitrogens with zero attached hydrogens (tertiary/aromatic N) is 1. The predicted molar refractivity (Wildman–Crippen MR) is 102 cm³/mol. The van der Waals surface area contributed by atoms with Crippen molar-refractivity contribution < 1.29 is 18.3 Å². The zero-order chi connectivity index (χ0) is 19.2. The van der Waals surface area contributed by atoms with Crippen LogP contribution in [0.3, 0.4) is 0 Å². The Morgan fingerprint density at radius 2 is 2.00 bits per heavy atom.